The van der Waals surface area contributed by atoms with Crippen molar-refractivity contribution in [3.8, 4) is 0 Å². The van der Waals surface area contributed by atoms with Gasteiger partial charge in [-0.1, -0.05) is 44.3 Å². The first-order chi connectivity index (χ1) is 16.9. The van der Waals surface area contributed by atoms with Gasteiger partial charge in [0.2, 0.25) is 0 Å². The topological polar surface area (TPSA) is 91.8 Å². The van der Waals surface area contributed by atoms with Gasteiger partial charge in [-0.15, -0.1) is 11.8 Å². The van der Waals surface area contributed by atoms with E-state index in [0.717, 1.165) is 29.2 Å². The number of aryl methyl sites for hydroxylation is 1. The number of carbonyl (C=O) groups excluding carboxylic acids is 1. The molecule has 3 aromatic rings. The number of nitrogens with one attached hydrogen (secondary N) is 3. The number of nitrogens with zero attached hydrogens (tertiary/aromatic N) is 3. The molecule has 9 heteroatoms. The maximum absolute atomic E-state index is 12.5. The Morgan fingerprint density at radius 3 is 2.63 bits per heavy atom. The highest BCUT2D eigenvalue weighted by Crippen LogP contribution is 2.51. The number of fused-ring (bicyclic) bond motifs is 3. The summed E-state index contributed by atoms with van der Waals surface area (Å²) in [6, 6.07) is 9.24. The van der Waals surface area contributed by atoms with Gasteiger partial charge in [0, 0.05) is 16.0 Å². The summed E-state index contributed by atoms with van der Waals surface area (Å²) in [4.78, 5) is 27.8. The highest BCUT2D eigenvalue weighted by atomic mass is 32.2. The zero-order valence-corrected chi connectivity index (χ0v) is 21.5. The Balaban J connectivity index is 1.30. The molecule has 2 atom stereocenters. The van der Waals surface area contributed by atoms with E-state index < -0.39 is 0 Å². The number of hydrogen-bond acceptors (Lipinski definition) is 6. The summed E-state index contributed by atoms with van der Waals surface area (Å²) in [6.45, 7) is 4.26. The lowest BCUT2D eigenvalue weighted by Gasteiger charge is -2.35. The normalized spacial score (nSPS) is 23.7. The molecule has 2 aromatic heterocycles. The van der Waals surface area contributed by atoms with E-state index in [1.165, 1.54) is 32.1 Å². The number of amides is 2. The van der Waals surface area contributed by atoms with Crippen LogP contribution in [0, 0.1) is 6.92 Å². The highest BCUT2D eigenvalue weighted by molar-refractivity contribution is 7.98. The van der Waals surface area contributed by atoms with Gasteiger partial charge in [0.25, 0.3) is 0 Å². The van der Waals surface area contributed by atoms with Gasteiger partial charge < -0.3 is 16.0 Å². The molecule has 2 saturated heterocycles. The largest absolute Gasteiger partial charge is 0.371 e. The van der Waals surface area contributed by atoms with Crippen molar-refractivity contribution in [1.29, 1.82) is 0 Å². The van der Waals surface area contributed by atoms with Crippen LogP contribution in [0.25, 0.3) is 11.2 Å². The summed E-state index contributed by atoms with van der Waals surface area (Å²) in [5, 5.41) is 9.79. The molecule has 2 fully saturated rings. The van der Waals surface area contributed by atoms with E-state index in [-0.39, 0.29) is 11.5 Å². The third-order valence-corrected chi connectivity index (χ3v) is 8.08. The van der Waals surface area contributed by atoms with Crippen molar-refractivity contribution in [3.63, 3.8) is 0 Å². The van der Waals surface area contributed by atoms with E-state index in [1.807, 2.05) is 43.5 Å². The molecule has 7 nitrogen and oxygen atoms in total. The van der Waals surface area contributed by atoms with Gasteiger partial charge in [0.1, 0.15) is 11.3 Å². The third kappa shape index (κ3) is 5.40. The van der Waals surface area contributed by atoms with E-state index in [9.17, 15) is 4.79 Å². The zero-order chi connectivity index (χ0) is 24.5. The van der Waals surface area contributed by atoms with Crippen LogP contribution >= 0.6 is 11.8 Å². The van der Waals surface area contributed by atoms with Crippen molar-refractivity contribution in [3.05, 3.63) is 42.2 Å². The van der Waals surface area contributed by atoms with Gasteiger partial charge in [-0.2, -0.15) is 0 Å². The average Bonchev–Trinajstić information content (AvgIpc) is 3.18. The van der Waals surface area contributed by atoms with Gasteiger partial charge in [0.15, 0.2) is 12.9 Å². The SMILES string of the molecule is CSc1ccc(NC(=O)Nc2cc3ncc(NC45[B]C(C)(CCCCC4)CC5)nc3nc2C)cc1. The van der Waals surface area contributed by atoms with Crippen LogP contribution in [0.5, 0.6) is 0 Å². The second-order valence-corrected chi connectivity index (χ2v) is 11.0. The molecular formula is C26H32BN6OS. The molecule has 4 heterocycles. The van der Waals surface area contributed by atoms with E-state index in [1.54, 1.807) is 18.0 Å². The number of hydrogen-bond donors (Lipinski definition) is 3. The summed E-state index contributed by atoms with van der Waals surface area (Å²) >= 11 is 1.66. The second kappa shape index (κ2) is 9.68. The fourth-order valence-electron chi connectivity index (χ4n) is 5.46. The lowest BCUT2D eigenvalue weighted by molar-refractivity contribution is 0.262. The quantitative estimate of drug-likeness (QED) is 0.283. The first kappa shape index (κ1) is 23.9. The highest BCUT2D eigenvalue weighted by Gasteiger charge is 2.47. The molecule has 0 spiro atoms. The van der Waals surface area contributed by atoms with Crippen molar-refractivity contribution in [1.82, 2.24) is 15.0 Å². The third-order valence-electron chi connectivity index (χ3n) is 7.34. The van der Waals surface area contributed by atoms with Crippen LogP contribution in [0.3, 0.4) is 0 Å². The Morgan fingerprint density at radius 1 is 1.03 bits per heavy atom. The molecule has 5 rings (SSSR count). The van der Waals surface area contributed by atoms with E-state index in [4.69, 9.17) is 4.98 Å². The van der Waals surface area contributed by atoms with E-state index in [2.05, 4.69) is 40.1 Å². The minimum Gasteiger partial charge on any atom is -0.371 e. The van der Waals surface area contributed by atoms with Crippen LogP contribution in [0.2, 0.25) is 5.31 Å². The molecule has 2 unspecified atom stereocenters. The lowest BCUT2D eigenvalue weighted by atomic mass is 9.45. The Hall–Kier alpha value is -2.81. The number of rotatable bonds is 5. The smallest absolute Gasteiger partial charge is 0.323 e. The maximum atomic E-state index is 12.5. The molecule has 0 saturated carbocycles. The number of anilines is 3. The average molecular weight is 487 g/mol. The van der Waals surface area contributed by atoms with Gasteiger partial charge in [0.05, 0.1) is 17.6 Å². The van der Waals surface area contributed by atoms with Gasteiger partial charge >= 0.3 is 6.03 Å². The van der Waals surface area contributed by atoms with Crippen LogP contribution in [0.4, 0.5) is 22.0 Å². The zero-order valence-electron chi connectivity index (χ0n) is 20.6. The van der Waals surface area contributed by atoms with Crippen molar-refractivity contribution in [2.75, 3.05) is 22.2 Å². The fraction of sp³-hybridized carbons (Fsp3) is 0.462. The first-order valence-corrected chi connectivity index (χ1v) is 13.6. The summed E-state index contributed by atoms with van der Waals surface area (Å²) in [7, 11) is 2.55. The molecule has 3 N–H and O–H groups in total. The molecule has 2 aliphatic rings. The minimum absolute atomic E-state index is 0.0137. The van der Waals surface area contributed by atoms with Crippen LogP contribution in [0.1, 0.15) is 57.6 Å². The number of carbonyl (C=O) groups is 1. The molecule has 2 amide bonds. The van der Waals surface area contributed by atoms with Crippen molar-refractivity contribution in [2.45, 2.75) is 74.4 Å². The molecular weight excluding hydrogens is 455 g/mol. The standard InChI is InChI=1S/C26H32BN6OS/c1-17-20(31-24(34)30-18-7-9-19(35-3)10-8-18)15-21-23(29-17)32-22(16-28-21)33-26-12-6-4-5-11-25(2,27-26)13-14-26/h7-10,15-16H,4-6,11-14H2,1-3H3,(H,29,32,33)(H2,30,31,34). The molecule has 35 heavy (non-hydrogen) atoms. The van der Waals surface area contributed by atoms with E-state index >= 15 is 0 Å². The van der Waals surface area contributed by atoms with Gasteiger partial charge in [-0.3, -0.25) is 0 Å². The molecule has 2 aliphatic heterocycles. The number of pyridine rings is 1. The van der Waals surface area contributed by atoms with Crippen molar-refractivity contribution < 1.29 is 4.79 Å². The molecule has 0 aliphatic carbocycles. The maximum Gasteiger partial charge on any atom is 0.323 e. The number of aromatic nitrogens is 3. The van der Waals surface area contributed by atoms with E-state index in [0.29, 0.717) is 27.9 Å². The van der Waals surface area contributed by atoms with Crippen LogP contribution in [-0.4, -0.2) is 40.0 Å². The Bertz CT molecular complexity index is 1230. The predicted octanol–water partition coefficient (Wildman–Crippen LogP) is 6.45. The number of thioether (sulfide) groups is 1. The molecule has 181 valence electrons. The predicted molar refractivity (Wildman–Crippen MR) is 146 cm³/mol. The number of urea groups is 1. The molecule has 1 aromatic carbocycles. The lowest BCUT2D eigenvalue weighted by Crippen LogP contribution is -2.43. The molecule has 1 radical (unpaired) electrons. The minimum atomic E-state index is -0.319. The Kier molecular flexibility index (Phi) is 6.62. The van der Waals surface area contributed by atoms with Crippen LogP contribution < -0.4 is 16.0 Å². The van der Waals surface area contributed by atoms with Crippen molar-refractivity contribution in [2.24, 2.45) is 0 Å². The monoisotopic (exact) mass is 487 g/mol. The van der Waals surface area contributed by atoms with Crippen molar-refractivity contribution >= 4 is 53.4 Å². The number of benzene rings is 1. The summed E-state index contributed by atoms with van der Waals surface area (Å²) in [6.07, 6.45) is 12.4. The van der Waals surface area contributed by atoms with Crippen LogP contribution in [0.15, 0.2) is 41.4 Å². The van der Waals surface area contributed by atoms with Gasteiger partial charge in [-0.05, 0) is 56.4 Å². The fourth-order valence-corrected chi connectivity index (χ4v) is 5.86. The van der Waals surface area contributed by atoms with Crippen LogP contribution in [-0.2, 0) is 0 Å². The molecule has 2 bridgehead atoms. The summed E-state index contributed by atoms with van der Waals surface area (Å²) < 4.78 is 0. The summed E-state index contributed by atoms with van der Waals surface area (Å²) in [5.74, 6) is 0.762. The Morgan fingerprint density at radius 2 is 1.83 bits per heavy atom. The van der Waals surface area contributed by atoms with Gasteiger partial charge in [-0.25, -0.2) is 19.7 Å². The second-order valence-electron chi connectivity index (χ2n) is 10.2. The Labute approximate surface area is 211 Å². The summed E-state index contributed by atoms with van der Waals surface area (Å²) in [5.41, 5.74) is 3.26. The first-order valence-electron chi connectivity index (χ1n) is 12.4.